The van der Waals surface area contributed by atoms with Gasteiger partial charge in [0.05, 0.1) is 16.1 Å². The zero-order valence-corrected chi connectivity index (χ0v) is 18.0. The van der Waals surface area contributed by atoms with Crippen molar-refractivity contribution in [3.63, 3.8) is 0 Å². The summed E-state index contributed by atoms with van der Waals surface area (Å²) in [5, 5.41) is 6.54. The number of rotatable bonds is 3. The van der Waals surface area contributed by atoms with E-state index in [9.17, 15) is 4.79 Å². The van der Waals surface area contributed by atoms with Gasteiger partial charge in [0.1, 0.15) is 5.82 Å². The van der Waals surface area contributed by atoms with Gasteiger partial charge in [-0.25, -0.2) is 4.98 Å². The number of hydrogen-bond acceptors (Lipinski definition) is 3. The molecular formula is C23H19ClN4OS. The highest BCUT2D eigenvalue weighted by Crippen LogP contribution is 2.30. The Kier molecular flexibility index (Phi) is 5.53. The lowest BCUT2D eigenvalue weighted by molar-refractivity contribution is 0.0977. The molecule has 5 nitrogen and oxygen atoms in total. The SMILES string of the molecule is Cc1ccc(C(=O)NC(=S)Nc2ccc(Cl)c(-c3nc4ccccc4[nH]3)c2)c(C)c1. The molecule has 3 N–H and O–H groups in total. The summed E-state index contributed by atoms with van der Waals surface area (Å²) in [4.78, 5) is 20.4. The van der Waals surface area contributed by atoms with Gasteiger partial charge >= 0.3 is 0 Å². The number of fused-ring (bicyclic) bond motifs is 1. The first-order valence-electron chi connectivity index (χ1n) is 9.35. The van der Waals surface area contributed by atoms with Crippen molar-refractivity contribution >= 4 is 51.6 Å². The van der Waals surface area contributed by atoms with Gasteiger partial charge in [-0.2, -0.15) is 0 Å². The second kappa shape index (κ2) is 8.26. The Morgan fingerprint density at radius 1 is 1.07 bits per heavy atom. The van der Waals surface area contributed by atoms with Crippen LogP contribution in [0.4, 0.5) is 5.69 Å². The molecule has 0 saturated heterocycles. The molecule has 0 aliphatic rings. The van der Waals surface area contributed by atoms with Crippen LogP contribution in [0.2, 0.25) is 5.02 Å². The normalized spacial score (nSPS) is 10.8. The highest BCUT2D eigenvalue weighted by atomic mass is 35.5. The zero-order chi connectivity index (χ0) is 21.3. The van der Waals surface area contributed by atoms with Crippen molar-refractivity contribution in [1.29, 1.82) is 0 Å². The first kappa shape index (κ1) is 20.1. The van der Waals surface area contributed by atoms with Gasteiger partial charge in [-0.15, -0.1) is 0 Å². The number of nitrogens with one attached hydrogen (secondary N) is 3. The summed E-state index contributed by atoms with van der Waals surface area (Å²) in [6, 6.07) is 18.8. The Hall–Kier alpha value is -3.22. The number of aryl methyl sites for hydroxylation is 2. The monoisotopic (exact) mass is 434 g/mol. The van der Waals surface area contributed by atoms with Crippen LogP contribution < -0.4 is 10.6 Å². The molecule has 1 heterocycles. The summed E-state index contributed by atoms with van der Waals surface area (Å²) in [5.74, 6) is 0.409. The van der Waals surface area contributed by atoms with Crippen LogP contribution in [0.15, 0.2) is 60.7 Å². The molecule has 0 spiro atoms. The minimum absolute atomic E-state index is 0.206. The Morgan fingerprint density at radius 2 is 1.87 bits per heavy atom. The van der Waals surface area contributed by atoms with Crippen molar-refractivity contribution in [2.45, 2.75) is 13.8 Å². The molecule has 0 aliphatic heterocycles. The average molecular weight is 435 g/mol. The van der Waals surface area contributed by atoms with Crippen LogP contribution in [-0.4, -0.2) is 21.0 Å². The summed E-state index contributed by atoms with van der Waals surface area (Å²) >= 11 is 11.7. The van der Waals surface area contributed by atoms with Crippen LogP contribution in [0.1, 0.15) is 21.5 Å². The number of H-pyrrole nitrogens is 1. The number of benzene rings is 3. The Morgan fingerprint density at radius 3 is 2.63 bits per heavy atom. The van der Waals surface area contributed by atoms with Crippen LogP contribution in [0.25, 0.3) is 22.4 Å². The molecule has 3 aromatic carbocycles. The number of aromatic nitrogens is 2. The second-order valence-corrected chi connectivity index (χ2v) is 7.84. The van der Waals surface area contributed by atoms with E-state index in [1.807, 2.05) is 56.3 Å². The fourth-order valence-electron chi connectivity index (χ4n) is 3.27. The zero-order valence-electron chi connectivity index (χ0n) is 16.4. The maximum Gasteiger partial charge on any atom is 0.257 e. The molecule has 0 unspecified atom stereocenters. The minimum atomic E-state index is -0.253. The fourth-order valence-corrected chi connectivity index (χ4v) is 3.68. The van der Waals surface area contributed by atoms with Crippen molar-refractivity contribution in [2.75, 3.05) is 5.32 Å². The molecule has 0 atom stereocenters. The third kappa shape index (κ3) is 4.20. The maximum absolute atomic E-state index is 12.5. The standard InChI is InChI=1S/C23H19ClN4OS/c1-13-7-9-16(14(2)11-13)22(29)28-23(30)25-15-8-10-18(24)17(12-15)21-26-19-5-3-4-6-20(19)27-21/h3-12H,1-2H3,(H,26,27)(H2,25,28,29,30). The van der Waals surface area contributed by atoms with Gasteiger partial charge in [0.15, 0.2) is 5.11 Å². The largest absolute Gasteiger partial charge is 0.338 e. The number of anilines is 1. The van der Waals surface area contributed by atoms with Crippen molar-refractivity contribution < 1.29 is 4.79 Å². The number of halogens is 1. The third-order valence-electron chi connectivity index (χ3n) is 4.72. The van der Waals surface area contributed by atoms with Gasteiger partial charge in [-0.05, 0) is 68.0 Å². The van der Waals surface area contributed by atoms with E-state index in [2.05, 4.69) is 20.6 Å². The summed E-state index contributed by atoms with van der Waals surface area (Å²) in [6.07, 6.45) is 0. The predicted molar refractivity (Wildman–Crippen MR) is 126 cm³/mol. The number of carbonyl (C=O) groups is 1. The molecule has 4 aromatic rings. The first-order chi connectivity index (χ1) is 14.4. The van der Waals surface area contributed by atoms with E-state index in [1.165, 1.54) is 0 Å². The van der Waals surface area contributed by atoms with Gasteiger partial charge in [0.2, 0.25) is 0 Å². The number of thiocarbonyl (C=S) groups is 1. The van der Waals surface area contributed by atoms with Gasteiger partial charge in [-0.1, -0.05) is 41.4 Å². The van der Waals surface area contributed by atoms with E-state index in [0.29, 0.717) is 22.1 Å². The van der Waals surface area contributed by atoms with Crippen molar-refractivity contribution in [3.05, 3.63) is 82.4 Å². The third-order valence-corrected chi connectivity index (χ3v) is 5.26. The molecule has 1 aromatic heterocycles. The van der Waals surface area contributed by atoms with Gasteiger partial charge in [0, 0.05) is 16.8 Å². The molecule has 0 radical (unpaired) electrons. The number of aromatic amines is 1. The van der Waals surface area contributed by atoms with E-state index >= 15 is 0 Å². The number of hydrogen-bond donors (Lipinski definition) is 3. The number of amides is 1. The molecule has 0 bridgehead atoms. The highest BCUT2D eigenvalue weighted by molar-refractivity contribution is 7.80. The van der Waals surface area contributed by atoms with Crippen molar-refractivity contribution in [1.82, 2.24) is 15.3 Å². The molecule has 150 valence electrons. The molecule has 0 fully saturated rings. The highest BCUT2D eigenvalue weighted by Gasteiger charge is 2.13. The number of para-hydroxylation sites is 2. The molecular weight excluding hydrogens is 416 g/mol. The average Bonchev–Trinajstić information content (AvgIpc) is 3.13. The molecule has 1 amide bonds. The Bertz CT molecular complexity index is 1250. The van der Waals surface area contributed by atoms with E-state index in [4.69, 9.17) is 23.8 Å². The van der Waals surface area contributed by atoms with Crippen LogP contribution in [0.5, 0.6) is 0 Å². The van der Waals surface area contributed by atoms with Gasteiger partial charge in [0.25, 0.3) is 5.91 Å². The molecule has 4 rings (SSSR count). The Labute approximate surface area is 184 Å². The minimum Gasteiger partial charge on any atom is -0.338 e. The van der Waals surface area contributed by atoms with Crippen molar-refractivity contribution in [3.8, 4) is 11.4 Å². The maximum atomic E-state index is 12.5. The summed E-state index contributed by atoms with van der Waals surface area (Å²) in [7, 11) is 0. The Balaban J connectivity index is 1.52. The predicted octanol–water partition coefficient (Wildman–Crippen LogP) is 5.63. The smallest absolute Gasteiger partial charge is 0.257 e. The lowest BCUT2D eigenvalue weighted by Gasteiger charge is -2.12. The number of carbonyl (C=O) groups excluding carboxylic acids is 1. The number of imidazole rings is 1. The molecule has 7 heteroatoms. The molecule has 0 saturated carbocycles. The van der Waals surface area contributed by atoms with Crippen LogP contribution in [0, 0.1) is 13.8 Å². The summed E-state index contributed by atoms with van der Waals surface area (Å²) < 4.78 is 0. The fraction of sp³-hybridized carbons (Fsp3) is 0.0870. The lowest BCUT2D eigenvalue weighted by Crippen LogP contribution is -2.34. The van der Waals surface area contributed by atoms with Crippen LogP contribution in [0.3, 0.4) is 0 Å². The molecule has 30 heavy (non-hydrogen) atoms. The van der Waals surface area contributed by atoms with Gasteiger partial charge < -0.3 is 10.3 Å². The van der Waals surface area contributed by atoms with Crippen LogP contribution >= 0.6 is 23.8 Å². The number of nitrogens with zero attached hydrogens (tertiary/aromatic N) is 1. The van der Waals surface area contributed by atoms with E-state index in [-0.39, 0.29) is 11.0 Å². The quantitative estimate of drug-likeness (QED) is 0.365. The van der Waals surface area contributed by atoms with E-state index < -0.39 is 0 Å². The molecule has 0 aliphatic carbocycles. The van der Waals surface area contributed by atoms with Gasteiger partial charge in [-0.3, -0.25) is 10.1 Å². The van der Waals surface area contributed by atoms with E-state index in [0.717, 1.165) is 27.7 Å². The summed E-state index contributed by atoms with van der Waals surface area (Å²) in [6.45, 7) is 3.89. The summed E-state index contributed by atoms with van der Waals surface area (Å²) in [5.41, 5.74) is 5.81. The van der Waals surface area contributed by atoms with Crippen LogP contribution in [-0.2, 0) is 0 Å². The van der Waals surface area contributed by atoms with E-state index in [1.54, 1.807) is 18.2 Å². The lowest BCUT2D eigenvalue weighted by atomic mass is 10.1. The second-order valence-electron chi connectivity index (χ2n) is 7.02. The first-order valence-corrected chi connectivity index (χ1v) is 10.1. The topological polar surface area (TPSA) is 69.8 Å². The van der Waals surface area contributed by atoms with Crippen molar-refractivity contribution in [2.24, 2.45) is 0 Å².